The fourth-order valence-electron chi connectivity index (χ4n) is 3.39. The predicted molar refractivity (Wildman–Crippen MR) is 117 cm³/mol. The number of benzene rings is 1. The molecule has 29 heavy (non-hydrogen) atoms. The summed E-state index contributed by atoms with van der Waals surface area (Å²) < 4.78 is 1.76. The maximum absolute atomic E-state index is 13.1. The third-order valence-electron chi connectivity index (χ3n) is 4.88. The van der Waals surface area contributed by atoms with Crippen LogP contribution in [0, 0.1) is 0 Å². The van der Waals surface area contributed by atoms with Crippen LogP contribution in [0.3, 0.4) is 0 Å². The summed E-state index contributed by atoms with van der Waals surface area (Å²) in [4.78, 5) is 22.3. The highest BCUT2D eigenvalue weighted by Gasteiger charge is 2.23. The van der Waals surface area contributed by atoms with Gasteiger partial charge in [-0.05, 0) is 30.6 Å². The lowest BCUT2D eigenvalue weighted by molar-refractivity contribution is 0.102. The Morgan fingerprint density at radius 2 is 2.03 bits per heavy atom. The minimum absolute atomic E-state index is 0.185. The third kappa shape index (κ3) is 3.62. The first-order chi connectivity index (χ1) is 14.2. The highest BCUT2D eigenvalue weighted by atomic mass is 32.1. The topological polar surface area (TPSA) is 63.1 Å². The third-order valence-corrected chi connectivity index (χ3v) is 6.75. The normalized spacial score (nSPS) is 14.0. The Bertz CT molecular complexity index is 1150. The molecule has 1 amide bonds. The maximum Gasteiger partial charge on any atom is 0.261 e. The molecule has 5 rings (SSSR count). The standard InChI is InChI=1S/C21H19N5OS2/c1-25-10-9-16-18(13-25)29-21(22-16)23-20(27)15-12-26(14-6-3-2-4-7-14)24-19(15)17-8-5-11-28-17/h2-8,11-12H,9-10,13H2,1H3,(H,22,23,27). The Hall–Kier alpha value is -2.81. The van der Waals surface area contributed by atoms with Crippen molar-refractivity contribution in [2.24, 2.45) is 0 Å². The van der Waals surface area contributed by atoms with E-state index in [9.17, 15) is 4.79 Å². The molecule has 1 N–H and O–H groups in total. The minimum atomic E-state index is -0.185. The van der Waals surface area contributed by atoms with Crippen molar-refractivity contribution >= 4 is 33.7 Å². The highest BCUT2D eigenvalue weighted by Crippen LogP contribution is 2.31. The Morgan fingerprint density at radius 1 is 1.17 bits per heavy atom. The van der Waals surface area contributed by atoms with Crippen molar-refractivity contribution in [1.82, 2.24) is 19.7 Å². The number of anilines is 1. The molecule has 0 aliphatic carbocycles. The second kappa shape index (κ2) is 7.55. The van der Waals surface area contributed by atoms with Crippen LogP contribution < -0.4 is 5.32 Å². The average Bonchev–Trinajstić information content (AvgIpc) is 3.47. The van der Waals surface area contributed by atoms with Crippen molar-refractivity contribution in [1.29, 1.82) is 0 Å². The van der Waals surface area contributed by atoms with Gasteiger partial charge in [0.2, 0.25) is 0 Å². The molecule has 0 spiro atoms. The summed E-state index contributed by atoms with van der Waals surface area (Å²) in [6.45, 7) is 1.88. The molecule has 146 valence electrons. The number of fused-ring (bicyclic) bond motifs is 1. The van der Waals surface area contributed by atoms with E-state index in [-0.39, 0.29) is 5.91 Å². The largest absolute Gasteiger partial charge is 0.301 e. The highest BCUT2D eigenvalue weighted by molar-refractivity contribution is 7.16. The molecule has 1 aliphatic heterocycles. The molecule has 0 atom stereocenters. The molecule has 1 aromatic carbocycles. The Kier molecular flexibility index (Phi) is 4.75. The van der Waals surface area contributed by atoms with Crippen LogP contribution in [-0.2, 0) is 13.0 Å². The molecular weight excluding hydrogens is 402 g/mol. The summed E-state index contributed by atoms with van der Waals surface area (Å²) in [7, 11) is 2.10. The average molecular weight is 422 g/mol. The molecule has 6 nitrogen and oxygen atoms in total. The summed E-state index contributed by atoms with van der Waals surface area (Å²) in [5.74, 6) is -0.185. The van der Waals surface area contributed by atoms with E-state index in [0.29, 0.717) is 16.4 Å². The molecule has 0 radical (unpaired) electrons. The minimum Gasteiger partial charge on any atom is -0.301 e. The first kappa shape index (κ1) is 18.2. The summed E-state index contributed by atoms with van der Waals surface area (Å²) in [5, 5.41) is 10.3. The van der Waals surface area contributed by atoms with Crippen LogP contribution in [-0.4, -0.2) is 39.2 Å². The number of carbonyl (C=O) groups excluding carboxylic acids is 1. The Morgan fingerprint density at radius 3 is 2.83 bits per heavy atom. The number of para-hydroxylation sites is 1. The molecule has 0 fully saturated rings. The van der Waals surface area contributed by atoms with E-state index in [2.05, 4.69) is 22.2 Å². The van der Waals surface area contributed by atoms with Crippen LogP contribution in [0.25, 0.3) is 16.3 Å². The van der Waals surface area contributed by atoms with Crippen LogP contribution in [0.5, 0.6) is 0 Å². The zero-order chi connectivity index (χ0) is 19.8. The summed E-state index contributed by atoms with van der Waals surface area (Å²) in [6, 6.07) is 13.8. The molecule has 4 aromatic rings. The number of carbonyl (C=O) groups is 1. The zero-order valence-corrected chi connectivity index (χ0v) is 17.5. The van der Waals surface area contributed by atoms with Crippen molar-refractivity contribution in [3.05, 3.63) is 70.2 Å². The Balaban J connectivity index is 1.48. The SMILES string of the molecule is CN1CCc2nc(NC(=O)c3cn(-c4ccccc4)nc3-c3cccs3)sc2C1. The summed E-state index contributed by atoms with van der Waals surface area (Å²) in [5.41, 5.74) is 3.24. The monoisotopic (exact) mass is 421 g/mol. The maximum atomic E-state index is 13.1. The van der Waals surface area contributed by atoms with Crippen LogP contribution in [0.15, 0.2) is 54.0 Å². The van der Waals surface area contributed by atoms with Crippen molar-refractivity contribution in [2.75, 3.05) is 18.9 Å². The van der Waals surface area contributed by atoms with Crippen LogP contribution in [0.1, 0.15) is 20.9 Å². The van der Waals surface area contributed by atoms with Crippen molar-refractivity contribution < 1.29 is 4.79 Å². The number of thiazole rings is 1. The molecule has 3 aromatic heterocycles. The van der Waals surface area contributed by atoms with Gasteiger partial charge in [0.25, 0.3) is 5.91 Å². The van der Waals surface area contributed by atoms with Gasteiger partial charge in [-0.15, -0.1) is 22.7 Å². The predicted octanol–water partition coefficient (Wildman–Crippen LogP) is 4.30. The number of rotatable bonds is 4. The number of hydrogen-bond donors (Lipinski definition) is 1. The quantitative estimate of drug-likeness (QED) is 0.534. The number of thiophene rings is 1. The fourth-order valence-corrected chi connectivity index (χ4v) is 5.20. The van der Waals surface area contributed by atoms with E-state index >= 15 is 0 Å². The van der Waals surface area contributed by atoms with E-state index in [0.717, 1.165) is 35.8 Å². The number of nitrogens with zero attached hydrogens (tertiary/aromatic N) is 4. The molecular formula is C21H19N5OS2. The molecule has 8 heteroatoms. The van der Waals surface area contributed by atoms with Gasteiger partial charge in [0.1, 0.15) is 5.69 Å². The smallest absolute Gasteiger partial charge is 0.261 e. The molecule has 0 saturated heterocycles. The van der Waals surface area contributed by atoms with Crippen molar-refractivity contribution in [2.45, 2.75) is 13.0 Å². The van der Waals surface area contributed by atoms with E-state index in [1.54, 1.807) is 33.6 Å². The van der Waals surface area contributed by atoms with Crippen LogP contribution >= 0.6 is 22.7 Å². The van der Waals surface area contributed by atoms with Gasteiger partial charge in [0, 0.05) is 30.6 Å². The van der Waals surface area contributed by atoms with Crippen molar-refractivity contribution in [3.8, 4) is 16.3 Å². The molecule has 0 saturated carbocycles. The number of nitrogens with one attached hydrogen (secondary N) is 1. The fraction of sp³-hybridized carbons (Fsp3) is 0.190. The number of likely N-dealkylation sites (N-methyl/N-ethyl adjacent to an activating group) is 1. The molecule has 0 unspecified atom stereocenters. The first-order valence-electron chi connectivity index (χ1n) is 9.35. The van der Waals surface area contributed by atoms with Crippen LogP contribution in [0.4, 0.5) is 5.13 Å². The molecule has 1 aliphatic rings. The second-order valence-corrected chi connectivity index (χ2v) is 9.01. The number of amides is 1. The second-order valence-electron chi connectivity index (χ2n) is 6.98. The van der Waals surface area contributed by atoms with Crippen LogP contribution in [0.2, 0.25) is 0 Å². The Labute approximate surface area is 176 Å². The zero-order valence-electron chi connectivity index (χ0n) is 15.8. The van der Waals surface area contributed by atoms with Gasteiger partial charge in [-0.1, -0.05) is 24.3 Å². The summed E-state index contributed by atoms with van der Waals surface area (Å²) in [6.07, 6.45) is 2.71. The van der Waals surface area contributed by atoms with E-state index in [1.807, 2.05) is 47.8 Å². The van der Waals surface area contributed by atoms with Gasteiger partial charge in [0.15, 0.2) is 5.13 Å². The number of aromatic nitrogens is 3. The lowest BCUT2D eigenvalue weighted by Crippen LogP contribution is -2.25. The van der Waals surface area contributed by atoms with Gasteiger partial charge in [-0.25, -0.2) is 9.67 Å². The van der Waals surface area contributed by atoms with Gasteiger partial charge in [-0.2, -0.15) is 5.10 Å². The van der Waals surface area contributed by atoms with Gasteiger partial charge >= 0.3 is 0 Å². The van der Waals surface area contributed by atoms with Gasteiger partial charge in [-0.3, -0.25) is 10.1 Å². The molecule has 4 heterocycles. The molecule has 0 bridgehead atoms. The van der Waals surface area contributed by atoms with E-state index in [4.69, 9.17) is 5.10 Å². The summed E-state index contributed by atoms with van der Waals surface area (Å²) >= 11 is 3.13. The lowest BCUT2D eigenvalue weighted by atomic mass is 10.2. The van der Waals surface area contributed by atoms with E-state index < -0.39 is 0 Å². The lowest BCUT2D eigenvalue weighted by Gasteiger charge is -2.20. The first-order valence-corrected chi connectivity index (χ1v) is 11.0. The number of hydrogen-bond acceptors (Lipinski definition) is 6. The van der Waals surface area contributed by atoms with Gasteiger partial charge in [0.05, 0.1) is 21.8 Å². The van der Waals surface area contributed by atoms with E-state index in [1.165, 1.54) is 4.88 Å². The van der Waals surface area contributed by atoms with Crippen molar-refractivity contribution in [3.63, 3.8) is 0 Å². The van der Waals surface area contributed by atoms with Gasteiger partial charge < -0.3 is 4.90 Å².